The molecule has 9 rings (SSSR count). The van der Waals surface area contributed by atoms with Crippen LogP contribution in [0.15, 0.2) is 53.5 Å². The van der Waals surface area contributed by atoms with Crippen LogP contribution in [0.25, 0.3) is 33.3 Å². The first-order valence-electron chi connectivity index (χ1n) is 21.1. The predicted molar refractivity (Wildman–Crippen MR) is 222 cm³/mol. The highest BCUT2D eigenvalue weighted by molar-refractivity contribution is 6.12. The molecule has 3 aliphatic heterocycles. The molecule has 298 valence electrons. The Bertz CT molecular complexity index is 2320. The number of imidazole rings is 1. The number of aromatic amines is 1. The fourth-order valence-corrected chi connectivity index (χ4v) is 10.1. The summed E-state index contributed by atoms with van der Waals surface area (Å²) >= 11 is 0. The van der Waals surface area contributed by atoms with E-state index in [1.165, 1.54) is 6.42 Å². The van der Waals surface area contributed by atoms with E-state index in [4.69, 9.17) is 19.5 Å². The third-order valence-corrected chi connectivity index (χ3v) is 12.6. The molecule has 0 bridgehead atoms. The van der Waals surface area contributed by atoms with Gasteiger partial charge in [0.1, 0.15) is 17.0 Å². The molecule has 3 fully saturated rings. The summed E-state index contributed by atoms with van der Waals surface area (Å²) in [5.74, 6) is 1.07. The molecule has 3 aromatic carbocycles. The van der Waals surface area contributed by atoms with E-state index in [1.807, 2.05) is 46.4 Å². The van der Waals surface area contributed by atoms with Crippen molar-refractivity contribution in [2.45, 2.75) is 135 Å². The minimum atomic E-state index is -0.568. The molecule has 1 spiro atoms. The van der Waals surface area contributed by atoms with Gasteiger partial charge in [-0.2, -0.15) is 0 Å². The topological polar surface area (TPSA) is 117 Å². The van der Waals surface area contributed by atoms with Crippen molar-refractivity contribution >= 4 is 40.4 Å². The Labute approximate surface area is 335 Å². The number of H-pyrrole nitrogens is 1. The molecule has 2 saturated heterocycles. The van der Waals surface area contributed by atoms with Crippen LogP contribution in [0.1, 0.15) is 133 Å². The van der Waals surface area contributed by atoms with Gasteiger partial charge in [-0.25, -0.2) is 14.6 Å². The van der Waals surface area contributed by atoms with Crippen LogP contribution in [0, 0.1) is 5.41 Å². The van der Waals surface area contributed by atoms with Gasteiger partial charge in [0.2, 0.25) is 0 Å². The van der Waals surface area contributed by atoms with Gasteiger partial charge in [0.05, 0.1) is 28.8 Å². The third-order valence-electron chi connectivity index (χ3n) is 12.6. The first kappa shape index (κ1) is 37.6. The SMILES string of the molecule is CC(C)(C)OC(=O)N1CCC[C@H]1C1=Nc2ccc(-c3ccc(-c4ccc5nc([C@@H]6CCCN6C(=O)OC(C)(C)C)[nH]c5c4)c4c3C(=O)C3(CCCCC3)C4)cc2C1. The van der Waals surface area contributed by atoms with Crippen LogP contribution in [-0.4, -0.2) is 73.8 Å². The van der Waals surface area contributed by atoms with Crippen LogP contribution < -0.4 is 0 Å². The molecule has 5 aliphatic rings. The first-order chi connectivity index (χ1) is 27.2. The van der Waals surface area contributed by atoms with E-state index in [1.54, 1.807) is 4.90 Å². The van der Waals surface area contributed by atoms with Crippen molar-refractivity contribution in [2.24, 2.45) is 10.4 Å². The van der Waals surface area contributed by atoms with Crippen LogP contribution in [-0.2, 0) is 22.3 Å². The number of ether oxygens (including phenoxy) is 2. The second-order valence-electron chi connectivity index (χ2n) is 19.0. The number of hydrogen-bond acceptors (Lipinski definition) is 7. The monoisotopic (exact) mass is 769 g/mol. The summed E-state index contributed by atoms with van der Waals surface area (Å²) < 4.78 is 11.5. The van der Waals surface area contributed by atoms with Crippen LogP contribution in [0.3, 0.4) is 0 Å². The van der Waals surface area contributed by atoms with E-state index in [0.29, 0.717) is 25.3 Å². The lowest BCUT2D eigenvalue weighted by atomic mass is 9.71. The maximum atomic E-state index is 14.8. The molecule has 10 nitrogen and oxygen atoms in total. The van der Waals surface area contributed by atoms with Gasteiger partial charge in [0.15, 0.2) is 5.78 Å². The number of benzene rings is 3. The normalized spacial score (nSPS) is 21.6. The molecule has 2 atom stereocenters. The van der Waals surface area contributed by atoms with Gasteiger partial charge in [-0.15, -0.1) is 0 Å². The number of nitrogens with zero attached hydrogens (tertiary/aromatic N) is 4. The third kappa shape index (κ3) is 6.93. The Kier molecular flexibility index (Phi) is 9.12. The molecule has 0 radical (unpaired) electrons. The summed E-state index contributed by atoms with van der Waals surface area (Å²) in [5.41, 5.74) is 9.52. The van der Waals surface area contributed by atoms with Crippen molar-refractivity contribution < 1.29 is 23.9 Å². The maximum absolute atomic E-state index is 14.8. The smallest absolute Gasteiger partial charge is 0.410 e. The zero-order valence-corrected chi connectivity index (χ0v) is 34.3. The number of hydrogen-bond donors (Lipinski definition) is 1. The number of nitrogens with one attached hydrogen (secondary N) is 1. The minimum Gasteiger partial charge on any atom is -0.444 e. The average molecular weight is 770 g/mol. The number of rotatable bonds is 4. The highest BCUT2D eigenvalue weighted by Gasteiger charge is 2.48. The Hall–Kier alpha value is -4.99. The lowest BCUT2D eigenvalue weighted by Crippen LogP contribution is -2.43. The molecular weight excluding hydrogens is 715 g/mol. The Morgan fingerprint density at radius 1 is 0.772 bits per heavy atom. The highest BCUT2D eigenvalue weighted by atomic mass is 16.6. The standard InChI is InChI=1S/C47H55N5O5/c1-45(2,3)56-43(54)51-22-10-12-38(51)37-26-30-24-28(14-18-34(30)48-37)32-17-16-31(33-27-47(41(53)40(32)33)20-8-7-9-21-47)29-15-19-35-36(25-29)50-42(49-35)39-13-11-23-52(39)44(55)57-46(4,5)6/h14-19,24-25,38-39H,7-13,20-23,26-27H2,1-6H3,(H,49,50)/t38-,39-/m0/s1. The molecule has 1 aromatic heterocycles. The average Bonchev–Trinajstić information content (AvgIpc) is 3.99. The fourth-order valence-electron chi connectivity index (χ4n) is 10.1. The summed E-state index contributed by atoms with van der Waals surface area (Å²) in [5, 5.41) is 0. The van der Waals surface area contributed by atoms with Gasteiger partial charge in [0, 0.05) is 36.2 Å². The van der Waals surface area contributed by atoms with Gasteiger partial charge < -0.3 is 14.5 Å². The van der Waals surface area contributed by atoms with Crippen molar-refractivity contribution in [1.82, 2.24) is 19.8 Å². The molecule has 57 heavy (non-hydrogen) atoms. The van der Waals surface area contributed by atoms with Gasteiger partial charge >= 0.3 is 12.2 Å². The lowest BCUT2D eigenvalue weighted by Gasteiger charge is -2.31. The molecule has 0 unspecified atom stereocenters. The Morgan fingerprint density at radius 2 is 1.40 bits per heavy atom. The first-order valence-corrected chi connectivity index (χ1v) is 21.1. The van der Waals surface area contributed by atoms with Gasteiger partial charge in [-0.05, 0) is 144 Å². The van der Waals surface area contributed by atoms with E-state index in [9.17, 15) is 14.4 Å². The van der Waals surface area contributed by atoms with E-state index in [2.05, 4.69) is 53.5 Å². The molecule has 2 amide bonds. The van der Waals surface area contributed by atoms with E-state index in [-0.39, 0.29) is 29.7 Å². The molecule has 4 heterocycles. The quantitative estimate of drug-likeness (QED) is 0.221. The molecule has 2 aliphatic carbocycles. The summed E-state index contributed by atoms with van der Waals surface area (Å²) in [7, 11) is 0. The minimum absolute atomic E-state index is 0.0719. The fraction of sp³-hybridized carbons (Fsp3) is 0.511. The number of aromatic nitrogens is 2. The van der Waals surface area contributed by atoms with Crippen molar-refractivity contribution in [1.29, 1.82) is 0 Å². The van der Waals surface area contributed by atoms with Crippen LogP contribution in [0.2, 0.25) is 0 Å². The Balaban J connectivity index is 1.03. The number of likely N-dealkylation sites (tertiary alicyclic amines) is 2. The van der Waals surface area contributed by atoms with Crippen molar-refractivity contribution in [3.05, 3.63) is 71.0 Å². The molecule has 1 saturated carbocycles. The molecule has 1 N–H and O–H groups in total. The van der Waals surface area contributed by atoms with Crippen molar-refractivity contribution in [3.63, 3.8) is 0 Å². The number of fused-ring (bicyclic) bond motifs is 3. The van der Waals surface area contributed by atoms with Gasteiger partial charge in [-0.3, -0.25) is 19.6 Å². The van der Waals surface area contributed by atoms with Crippen LogP contribution >= 0.6 is 0 Å². The van der Waals surface area contributed by atoms with E-state index in [0.717, 1.165) is 125 Å². The van der Waals surface area contributed by atoms with Crippen molar-refractivity contribution in [3.8, 4) is 22.3 Å². The van der Waals surface area contributed by atoms with Gasteiger partial charge in [0.25, 0.3) is 0 Å². The number of Topliss-reactive ketones (excluding diaryl/α,β-unsaturated/α-hetero) is 1. The highest BCUT2D eigenvalue weighted by Crippen LogP contribution is 2.52. The number of ketones is 1. The summed E-state index contributed by atoms with van der Waals surface area (Å²) in [6.07, 6.45) is 9.55. The summed E-state index contributed by atoms with van der Waals surface area (Å²) in [6, 6.07) is 16.9. The largest absolute Gasteiger partial charge is 0.444 e. The molecule has 4 aromatic rings. The second-order valence-corrected chi connectivity index (χ2v) is 19.0. The zero-order valence-electron chi connectivity index (χ0n) is 34.3. The molecular formula is C47H55N5O5. The summed E-state index contributed by atoms with van der Waals surface area (Å²) in [4.78, 5) is 58.3. The second kappa shape index (κ2) is 13.8. The lowest BCUT2D eigenvalue weighted by molar-refractivity contribution is 0.0216. The number of carbonyl (C=O) groups is 3. The Morgan fingerprint density at radius 3 is 2.11 bits per heavy atom. The van der Waals surface area contributed by atoms with E-state index < -0.39 is 11.2 Å². The maximum Gasteiger partial charge on any atom is 0.410 e. The van der Waals surface area contributed by atoms with Crippen LogP contribution in [0.5, 0.6) is 0 Å². The predicted octanol–water partition coefficient (Wildman–Crippen LogP) is 10.7. The zero-order chi connectivity index (χ0) is 39.9. The number of aliphatic imine (C=N–C) groups is 1. The van der Waals surface area contributed by atoms with Crippen molar-refractivity contribution in [2.75, 3.05) is 13.1 Å². The van der Waals surface area contributed by atoms with Crippen LogP contribution in [0.4, 0.5) is 15.3 Å². The number of amides is 2. The van der Waals surface area contributed by atoms with Gasteiger partial charge in [-0.1, -0.05) is 43.5 Å². The number of carbonyl (C=O) groups excluding carboxylic acids is 3. The van der Waals surface area contributed by atoms with E-state index >= 15 is 0 Å². The molecule has 10 heteroatoms. The summed E-state index contributed by atoms with van der Waals surface area (Å²) in [6.45, 7) is 12.7.